The Labute approximate surface area is 134 Å². The second-order valence-corrected chi connectivity index (χ2v) is 5.09. The number of ketones is 1. The molecule has 2 rings (SSSR count). The molecule has 0 atom stereocenters. The number of rotatable bonds is 5. The Morgan fingerprint density at radius 1 is 1.22 bits per heavy atom. The number of allylic oxidation sites excluding steroid dienone is 1. The summed E-state index contributed by atoms with van der Waals surface area (Å²) in [6.45, 7) is 5.42. The third kappa shape index (κ3) is 3.74. The standard InChI is InChI=1S/C18H18FNO3/c1-4-23-18(22)17-11(2)16(12(3)20-17)15(21)10-7-13-5-8-14(19)9-6-13/h5-10,20H,4H2,1-3H3. The second kappa shape index (κ2) is 7.05. The number of aromatic nitrogens is 1. The average Bonchev–Trinajstić information content (AvgIpc) is 2.82. The molecule has 4 nitrogen and oxygen atoms in total. The van der Waals surface area contributed by atoms with Crippen molar-refractivity contribution in [3.63, 3.8) is 0 Å². The lowest BCUT2D eigenvalue weighted by Crippen LogP contribution is -2.07. The predicted molar refractivity (Wildman–Crippen MR) is 86.0 cm³/mol. The van der Waals surface area contributed by atoms with Crippen LogP contribution < -0.4 is 0 Å². The van der Waals surface area contributed by atoms with Crippen LogP contribution in [-0.2, 0) is 4.74 Å². The van der Waals surface area contributed by atoms with Gasteiger partial charge in [0.1, 0.15) is 11.5 Å². The number of halogens is 1. The zero-order valence-electron chi connectivity index (χ0n) is 13.3. The van der Waals surface area contributed by atoms with Gasteiger partial charge in [-0.1, -0.05) is 18.2 Å². The van der Waals surface area contributed by atoms with Crippen molar-refractivity contribution in [1.29, 1.82) is 0 Å². The molecular weight excluding hydrogens is 297 g/mol. The van der Waals surface area contributed by atoms with Gasteiger partial charge in [-0.3, -0.25) is 4.79 Å². The van der Waals surface area contributed by atoms with Gasteiger partial charge in [0.05, 0.1) is 6.61 Å². The molecule has 2 aromatic rings. The van der Waals surface area contributed by atoms with E-state index in [1.54, 1.807) is 39.0 Å². The Kier molecular flexibility index (Phi) is 5.11. The third-order valence-corrected chi connectivity index (χ3v) is 3.46. The van der Waals surface area contributed by atoms with Crippen molar-refractivity contribution in [2.45, 2.75) is 20.8 Å². The van der Waals surface area contributed by atoms with Crippen LogP contribution in [0.5, 0.6) is 0 Å². The Morgan fingerprint density at radius 2 is 1.87 bits per heavy atom. The summed E-state index contributed by atoms with van der Waals surface area (Å²) in [7, 11) is 0. The number of H-pyrrole nitrogens is 1. The molecule has 1 aromatic heterocycles. The minimum Gasteiger partial charge on any atom is -0.461 e. The number of aryl methyl sites for hydroxylation is 1. The number of nitrogens with one attached hydrogen (secondary N) is 1. The van der Waals surface area contributed by atoms with E-state index in [-0.39, 0.29) is 18.2 Å². The lowest BCUT2D eigenvalue weighted by Gasteiger charge is -2.00. The summed E-state index contributed by atoms with van der Waals surface area (Å²) >= 11 is 0. The topological polar surface area (TPSA) is 59.2 Å². The van der Waals surface area contributed by atoms with Gasteiger partial charge >= 0.3 is 5.97 Å². The summed E-state index contributed by atoms with van der Waals surface area (Å²) in [5.74, 6) is -1.03. The molecule has 1 N–H and O–H groups in total. The quantitative estimate of drug-likeness (QED) is 0.518. The van der Waals surface area contributed by atoms with E-state index < -0.39 is 5.97 Å². The summed E-state index contributed by atoms with van der Waals surface area (Å²) in [6, 6.07) is 5.82. The summed E-state index contributed by atoms with van der Waals surface area (Å²) in [4.78, 5) is 27.1. The van der Waals surface area contributed by atoms with E-state index >= 15 is 0 Å². The molecule has 0 aliphatic heterocycles. The van der Waals surface area contributed by atoms with E-state index in [1.807, 2.05) is 0 Å². The Balaban J connectivity index is 2.25. The van der Waals surface area contributed by atoms with E-state index in [4.69, 9.17) is 4.74 Å². The third-order valence-electron chi connectivity index (χ3n) is 3.46. The molecule has 120 valence electrons. The van der Waals surface area contributed by atoms with Crippen LogP contribution in [0, 0.1) is 19.7 Å². The molecule has 0 fully saturated rings. The van der Waals surface area contributed by atoms with Gasteiger partial charge in [0.25, 0.3) is 0 Å². The molecule has 0 spiro atoms. The summed E-state index contributed by atoms with van der Waals surface area (Å²) in [5.41, 5.74) is 2.64. The van der Waals surface area contributed by atoms with Crippen molar-refractivity contribution in [2.75, 3.05) is 6.61 Å². The molecule has 23 heavy (non-hydrogen) atoms. The van der Waals surface area contributed by atoms with Crippen LogP contribution in [0.1, 0.15) is 44.6 Å². The molecular formula is C18H18FNO3. The molecule has 0 aliphatic rings. The van der Waals surface area contributed by atoms with Gasteiger partial charge in [-0.2, -0.15) is 0 Å². The first kappa shape index (κ1) is 16.7. The molecule has 0 radical (unpaired) electrons. The number of hydrogen-bond acceptors (Lipinski definition) is 3. The van der Waals surface area contributed by atoms with Crippen molar-refractivity contribution in [3.05, 3.63) is 64.2 Å². The number of esters is 1. The highest BCUT2D eigenvalue weighted by atomic mass is 19.1. The number of carbonyl (C=O) groups is 2. The van der Waals surface area contributed by atoms with Crippen LogP contribution in [0.25, 0.3) is 6.08 Å². The highest BCUT2D eigenvalue weighted by Crippen LogP contribution is 2.20. The molecule has 0 saturated heterocycles. The predicted octanol–water partition coefficient (Wildman–Crippen LogP) is 3.84. The fraction of sp³-hybridized carbons (Fsp3) is 0.222. The monoisotopic (exact) mass is 315 g/mol. The number of ether oxygens (including phenoxy) is 1. The van der Waals surface area contributed by atoms with Crippen LogP contribution in [0.4, 0.5) is 4.39 Å². The summed E-state index contributed by atoms with van der Waals surface area (Å²) < 4.78 is 17.8. The molecule has 0 amide bonds. The van der Waals surface area contributed by atoms with Gasteiger partial charge in [-0.05, 0) is 50.1 Å². The molecule has 0 saturated carbocycles. The molecule has 0 unspecified atom stereocenters. The molecule has 5 heteroatoms. The van der Waals surface area contributed by atoms with Gasteiger partial charge in [-0.25, -0.2) is 9.18 Å². The van der Waals surface area contributed by atoms with E-state index in [0.29, 0.717) is 22.5 Å². The SMILES string of the molecule is CCOC(=O)c1[nH]c(C)c(C(=O)C=Cc2ccc(F)cc2)c1C. The lowest BCUT2D eigenvalue weighted by molar-refractivity contribution is 0.0519. The summed E-state index contributed by atoms with van der Waals surface area (Å²) in [6.07, 6.45) is 3.02. The van der Waals surface area contributed by atoms with Gasteiger partial charge < -0.3 is 9.72 Å². The molecule has 1 aromatic carbocycles. The van der Waals surface area contributed by atoms with Crippen molar-refractivity contribution in [3.8, 4) is 0 Å². The number of hydrogen-bond donors (Lipinski definition) is 1. The first-order valence-corrected chi connectivity index (χ1v) is 7.28. The number of carbonyl (C=O) groups excluding carboxylic acids is 2. The molecule has 1 heterocycles. The summed E-state index contributed by atoms with van der Waals surface area (Å²) in [5, 5.41) is 0. The first-order valence-electron chi connectivity index (χ1n) is 7.28. The highest BCUT2D eigenvalue weighted by Gasteiger charge is 2.21. The van der Waals surface area contributed by atoms with Crippen molar-refractivity contribution in [2.24, 2.45) is 0 Å². The maximum atomic E-state index is 12.9. The van der Waals surface area contributed by atoms with Gasteiger partial charge in [-0.15, -0.1) is 0 Å². The van der Waals surface area contributed by atoms with Crippen LogP contribution in [0.15, 0.2) is 30.3 Å². The van der Waals surface area contributed by atoms with Crippen molar-refractivity contribution >= 4 is 17.8 Å². The maximum Gasteiger partial charge on any atom is 0.355 e. The Morgan fingerprint density at radius 3 is 2.48 bits per heavy atom. The normalized spacial score (nSPS) is 11.0. The minimum atomic E-state index is -0.477. The lowest BCUT2D eigenvalue weighted by atomic mass is 10.0. The Hall–Kier alpha value is -2.69. The zero-order valence-corrected chi connectivity index (χ0v) is 13.3. The largest absolute Gasteiger partial charge is 0.461 e. The van der Waals surface area contributed by atoms with Crippen molar-refractivity contribution in [1.82, 2.24) is 4.98 Å². The maximum absolute atomic E-state index is 12.9. The molecule has 0 aliphatic carbocycles. The first-order chi connectivity index (χ1) is 10.9. The van der Waals surface area contributed by atoms with Crippen molar-refractivity contribution < 1.29 is 18.7 Å². The van der Waals surface area contributed by atoms with Crippen LogP contribution in [0.3, 0.4) is 0 Å². The van der Waals surface area contributed by atoms with Crippen LogP contribution in [0.2, 0.25) is 0 Å². The average molecular weight is 315 g/mol. The molecule has 0 bridgehead atoms. The Bertz CT molecular complexity index is 757. The second-order valence-electron chi connectivity index (χ2n) is 5.09. The number of aromatic amines is 1. The van der Waals surface area contributed by atoms with Crippen LogP contribution >= 0.6 is 0 Å². The fourth-order valence-electron chi connectivity index (χ4n) is 2.36. The zero-order chi connectivity index (χ0) is 17.0. The van der Waals surface area contributed by atoms with E-state index in [1.165, 1.54) is 18.2 Å². The fourth-order valence-corrected chi connectivity index (χ4v) is 2.36. The van der Waals surface area contributed by atoms with Gasteiger partial charge in [0, 0.05) is 11.3 Å². The minimum absolute atomic E-state index is 0.226. The smallest absolute Gasteiger partial charge is 0.355 e. The van der Waals surface area contributed by atoms with E-state index in [2.05, 4.69) is 4.98 Å². The number of benzene rings is 1. The van der Waals surface area contributed by atoms with Gasteiger partial charge in [0.15, 0.2) is 5.78 Å². The van der Waals surface area contributed by atoms with Gasteiger partial charge in [0.2, 0.25) is 0 Å². The van der Waals surface area contributed by atoms with Crippen LogP contribution in [-0.4, -0.2) is 23.3 Å². The highest BCUT2D eigenvalue weighted by molar-refractivity contribution is 6.10. The van der Waals surface area contributed by atoms with E-state index in [9.17, 15) is 14.0 Å². The van der Waals surface area contributed by atoms with E-state index in [0.717, 1.165) is 5.56 Å².